The minimum absolute atomic E-state index is 0.0611. The van der Waals surface area contributed by atoms with Gasteiger partial charge in [0.15, 0.2) is 0 Å². The molecular formula is C24H25F3O5. The Morgan fingerprint density at radius 3 is 2.41 bits per heavy atom. The van der Waals surface area contributed by atoms with Crippen LogP contribution in [0.25, 0.3) is 0 Å². The molecule has 172 valence electrons. The predicted octanol–water partition coefficient (Wildman–Crippen LogP) is 5.37. The van der Waals surface area contributed by atoms with Crippen molar-refractivity contribution in [1.29, 1.82) is 0 Å². The van der Waals surface area contributed by atoms with Crippen molar-refractivity contribution in [3.63, 3.8) is 0 Å². The van der Waals surface area contributed by atoms with Crippen LogP contribution in [-0.4, -0.2) is 25.0 Å². The molecule has 1 fully saturated rings. The first-order chi connectivity index (χ1) is 15.3. The molecule has 0 spiro atoms. The van der Waals surface area contributed by atoms with E-state index in [1.807, 2.05) is 31.2 Å². The van der Waals surface area contributed by atoms with E-state index in [4.69, 9.17) is 14.2 Å². The molecule has 0 radical (unpaired) electrons. The Morgan fingerprint density at radius 2 is 1.84 bits per heavy atom. The van der Waals surface area contributed by atoms with Crippen molar-refractivity contribution in [3.8, 4) is 11.5 Å². The second kappa shape index (κ2) is 10.6. The number of ketones is 1. The van der Waals surface area contributed by atoms with Gasteiger partial charge in [-0.1, -0.05) is 18.2 Å². The number of carbonyl (C=O) groups is 2. The number of ether oxygens (including phenoxy) is 3. The van der Waals surface area contributed by atoms with Crippen LogP contribution in [0.4, 0.5) is 13.2 Å². The van der Waals surface area contributed by atoms with Crippen LogP contribution in [0, 0.1) is 11.7 Å². The van der Waals surface area contributed by atoms with E-state index in [1.54, 1.807) is 0 Å². The Hall–Kier alpha value is -2.87. The number of Topliss-reactive ketones (excluding diaryl/α,β-unsaturated/α-hetero) is 1. The maximum atomic E-state index is 14.5. The highest BCUT2D eigenvalue weighted by Crippen LogP contribution is 2.36. The van der Waals surface area contributed by atoms with Crippen molar-refractivity contribution in [1.82, 2.24) is 0 Å². The Kier molecular flexibility index (Phi) is 7.90. The molecule has 0 N–H and O–H groups in total. The standard InChI is InChI=1S/C24H25F3O5/c1-3-30-18-8-4-15(5-9-18)19-10-7-17(13-31-19)24(29)32-20-11-6-16(12-14(2)28)22(25)21(20)23(26)27/h4-6,8-9,11,17,19,23H,3,7,10,12-13H2,1-2H3. The quantitative estimate of drug-likeness (QED) is 0.400. The van der Waals surface area contributed by atoms with Crippen LogP contribution in [0.2, 0.25) is 0 Å². The molecule has 0 amide bonds. The number of hydrogen-bond donors (Lipinski definition) is 0. The van der Waals surface area contributed by atoms with Crippen LogP contribution in [0.5, 0.6) is 11.5 Å². The molecule has 2 aromatic carbocycles. The van der Waals surface area contributed by atoms with E-state index in [0.29, 0.717) is 19.4 Å². The summed E-state index contributed by atoms with van der Waals surface area (Å²) in [7, 11) is 0. The van der Waals surface area contributed by atoms with Crippen molar-refractivity contribution in [3.05, 3.63) is 58.9 Å². The third-order valence-corrected chi connectivity index (χ3v) is 5.26. The highest BCUT2D eigenvalue weighted by atomic mass is 19.3. The molecule has 5 nitrogen and oxygen atoms in total. The highest BCUT2D eigenvalue weighted by molar-refractivity contribution is 5.79. The predicted molar refractivity (Wildman–Crippen MR) is 110 cm³/mol. The number of esters is 1. The number of halogens is 3. The molecule has 0 bridgehead atoms. The molecule has 32 heavy (non-hydrogen) atoms. The minimum atomic E-state index is -3.20. The maximum absolute atomic E-state index is 14.5. The third kappa shape index (κ3) is 5.68. The van der Waals surface area contributed by atoms with Gasteiger partial charge in [-0.15, -0.1) is 0 Å². The van der Waals surface area contributed by atoms with E-state index < -0.39 is 35.4 Å². The summed E-state index contributed by atoms with van der Waals surface area (Å²) in [6, 6.07) is 9.78. The lowest BCUT2D eigenvalue weighted by Gasteiger charge is -2.28. The first-order valence-electron chi connectivity index (χ1n) is 10.4. The van der Waals surface area contributed by atoms with E-state index in [-0.39, 0.29) is 30.5 Å². The number of rotatable bonds is 8. The molecule has 0 aromatic heterocycles. The summed E-state index contributed by atoms with van der Waals surface area (Å²) in [5.74, 6) is -2.78. The molecular weight excluding hydrogens is 425 g/mol. The molecule has 2 atom stereocenters. The number of hydrogen-bond acceptors (Lipinski definition) is 5. The van der Waals surface area contributed by atoms with Crippen LogP contribution in [0.1, 0.15) is 55.9 Å². The second-order valence-corrected chi connectivity index (χ2v) is 7.65. The van der Waals surface area contributed by atoms with Gasteiger partial charge in [-0.3, -0.25) is 9.59 Å². The van der Waals surface area contributed by atoms with Gasteiger partial charge in [-0.2, -0.15) is 0 Å². The van der Waals surface area contributed by atoms with Gasteiger partial charge in [0.1, 0.15) is 23.1 Å². The van der Waals surface area contributed by atoms with Crippen LogP contribution >= 0.6 is 0 Å². The van der Waals surface area contributed by atoms with Crippen LogP contribution in [0.3, 0.4) is 0 Å². The fraction of sp³-hybridized carbons (Fsp3) is 0.417. The summed E-state index contributed by atoms with van der Waals surface area (Å²) in [5, 5.41) is 0. The highest BCUT2D eigenvalue weighted by Gasteiger charge is 2.31. The minimum Gasteiger partial charge on any atom is -0.494 e. The van der Waals surface area contributed by atoms with Gasteiger partial charge in [0, 0.05) is 6.42 Å². The molecule has 1 heterocycles. The van der Waals surface area contributed by atoms with E-state index in [9.17, 15) is 22.8 Å². The Labute approximate surface area is 184 Å². The zero-order valence-corrected chi connectivity index (χ0v) is 17.9. The first kappa shape index (κ1) is 23.8. The van der Waals surface area contributed by atoms with Gasteiger partial charge < -0.3 is 14.2 Å². The van der Waals surface area contributed by atoms with E-state index in [2.05, 4.69) is 0 Å². The molecule has 1 aliphatic heterocycles. The monoisotopic (exact) mass is 450 g/mol. The molecule has 1 saturated heterocycles. The average Bonchev–Trinajstić information content (AvgIpc) is 2.76. The molecule has 0 saturated carbocycles. The Bertz CT molecular complexity index is 951. The van der Waals surface area contributed by atoms with E-state index in [0.717, 1.165) is 17.4 Å². The fourth-order valence-corrected chi connectivity index (χ4v) is 3.65. The van der Waals surface area contributed by atoms with Gasteiger partial charge in [-0.05, 0) is 56.0 Å². The molecule has 8 heteroatoms. The van der Waals surface area contributed by atoms with Crippen molar-refractivity contribution < 1.29 is 37.0 Å². The Balaban J connectivity index is 1.64. The van der Waals surface area contributed by atoms with Gasteiger partial charge in [0.2, 0.25) is 0 Å². The number of alkyl halides is 2. The normalized spacial score (nSPS) is 18.4. The smallest absolute Gasteiger partial charge is 0.316 e. The van der Waals surface area contributed by atoms with E-state index >= 15 is 0 Å². The van der Waals surface area contributed by atoms with Gasteiger partial charge in [-0.25, -0.2) is 13.2 Å². The Morgan fingerprint density at radius 1 is 1.12 bits per heavy atom. The van der Waals surface area contributed by atoms with Crippen LogP contribution in [0.15, 0.2) is 36.4 Å². The van der Waals surface area contributed by atoms with Gasteiger partial charge >= 0.3 is 5.97 Å². The number of benzene rings is 2. The third-order valence-electron chi connectivity index (χ3n) is 5.26. The lowest BCUT2D eigenvalue weighted by Crippen LogP contribution is -2.30. The summed E-state index contributed by atoms with van der Waals surface area (Å²) in [6.45, 7) is 3.76. The summed E-state index contributed by atoms with van der Waals surface area (Å²) in [5.41, 5.74) is -0.226. The summed E-state index contributed by atoms with van der Waals surface area (Å²) < 4.78 is 57.8. The molecule has 2 unspecified atom stereocenters. The first-order valence-corrected chi connectivity index (χ1v) is 10.4. The van der Waals surface area contributed by atoms with Crippen molar-refractivity contribution >= 4 is 11.8 Å². The SMILES string of the molecule is CCOc1ccc(C2CCC(C(=O)Oc3ccc(CC(C)=O)c(F)c3C(F)F)CO2)cc1. The van der Waals surface area contributed by atoms with E-state index in [1.165, 1.54) is 13.0 Å². The lowest BCUT2D eigenvalue weighted by molar-refractivity contribution is -0.145. The van der Waals surface area contributed by atoms with Gasteiger partial charge in [0.25, 0.3) is 6.43 Å². The largest absolute Gasteiger partial charge is 0.494 e. The summed E-state index contributed by atoms with van der Waals surface area (Å²) in [6.07, 6.45) is -2.73. The van der Waals surface area contributed by atoms with Crippen molar-refractivity contribution in [2.75, 3.05) is 13.2 Å². The molecule has 3 rings (SSSR count). The number of carbonyl (C=O) groups excluding carboxylic acids is 2. The van der Waals surface area contributed by atoms with Crippen LogP contribution in [-0.2, 0) is 20.7 Å². The molecule has 2 aromatic rings. The molecule has 1 aliphatic rings. The fourth-order valence-electron chi connectivity index (χ4n) is 3.65. The zero-order chi connectivity index (χ0) is 23.3. The van der Waals surface area contributed by atoms with Gasteiger partial charge in [0.05, 0.1) is 30.8 Å². The summed E-state index contributed by atoms with van der Waals surface area (Å²) in [4.78, 5) is 23.8. The maximum Gasteiger partial charge on any atom is 0.316 e. The molecule has 0 aliphatic carbocycles. The van der Waals surface area contributed by atoms with Crippen molar-refractivity contribution in [2.24, 2.45) is 5.92 Å². The van der Waals surface area contributed by atoms with Crippen LogP contribution < -0.4 is 9.47 Å². The lowest BCUT2D eigenvalue weighted by atomic mass is 9.94. The topological polar surface area (TPSA) is 61.8 Å². The average molecular weight is 450 g/mol. The zero-order valence-electron chi connectivity index (χ0n) is 17.9. The van der Waals surface area contributed by atoms with Crippen molar-refractivity contribution in [2.45, 2.75) is 45.6 Å². The second-order valence-electron chi connectivity index (χ2n) is 7.65. The summed E-state index contributed by atoms with van der Waals surface area (Å²) >= 11 is 0.